The van der Waals surface area contributed by atoms with Gasteiger partial charge in [0.1, 0.15) is 6.04 Å². The maximum absolute atomic E-state index is 12.7. The molecule has 1 aliphatic heterocycles. The van der Waals surface area contributed by atoms with Gasteiger partial charge in [0.05, 0.1) is 11.1 Å². The van der Waals surface area contributed by atoms with Crippen molar-refractivity contribution in [1.29, 1.82) is 0 Å². The molecule has 0 spiro atoms. The van der Waals surface area contributed by atoms with Crippen molar-refractivity contribution >= 4 is 17.7 Å². The topological polar surface area (TPSA) is 66.5 Å². The van der Waals surface area contributed by atoms with Crippen molar-refractivity contribution in [2.24, 2.45) is 5.92 Å². The average molecular weight is 316 g/mol. The minimum Gasteiger partial charge on any atom is -0.352 e. The van der Waals surface area contributed by atoms with Crippen molar-refractivity contribution in [1.82, 2.24) is 10.2 Å². The second-order valence-electron chi connectivity index (χ2n) is 6.17. The van der Waals surface area contributed by atoms with E-state index >= 15 is 0 Å². The maximum atomic E-state index is 12.7. The van der Waals surface area contributed by atoms with Crippen LogP contribution in [0.5, 0.6) is 0 Å². The highest BCUT2D eigenvalue weighted by atomic mass is 16.2. The first-order chi connectivity index (χ1) is 10.9. The molecule has 23 heavy (non-hydrogen) atoms. The van der Waals surface area contributed by atoms with Gasteiger partial charge in [-0.25, -0.2) is 0 Å². The largest absolute Gasteiger partial charge is 0.352 e. The Kier molecular flexibility index (Phi) is 5.19. The lowest BCUT2D eigenvalue weighted by Gasteiger charge is -2.30. The van der Waals surface area contributed by atoms with Gasteiger partial charge >= 0.3 is 0 Å². The number of rotatable bonds is 6. The fourth-order valence-corrected chi connectivity index (χ4v) is 2.74. The zero-order chi connectivity index (χ0) is 17.1. The van der Waals surface area contributed by atoms with Gasteiger partial charge in [-0.1, -0.05) is 39.3 Å². The van der Waals surface area contributed by atoms with Crippen LogP contribution in [0.3, 0.4) is 0 Å². The van der Waals surface area contributed by atoms with E-state index < -0.39 is 6.04 Å². The van der Waals surface area contributed by atoms with Crippen LogP contribution >= 0.6 is 0 Å². The Morgan fingerprint density at radius 3 is 2.00 bits per heavy atom. The Morgan fingerprint density at radius 1 is 1.04 bits per heavy atom. The summed E-state index contributed by atoms with van der Waals surface area (Å²) in [4.78, 5) is 39.1. The smallest absolute Gasteiger partial charge is 0.262 e. The predicted molar refractivity (Wildman–Crippen MR) is 88.1 cm³/mol. The number of nitrogens with zero attached hydrogens (tertiary/aromatic N) is 1. The van der Waals surface area contributed by atoms with Crippen LogP contribution in [-0.2, 0) is 4.79 Å². The summed E-state index contributed by atoms with van der Waals surface area (Å²) in [6, 6.07) is 5.95. The van der Waals surface area contributed by atoms with Gasteiger partial charge in [-0.05, 0) is 31.4 Å². The third kappa shape index (κ3) is 3.14. The number of hydrogen-bond donors (Lipinski definition) is 1. The molecule has 0 aromatic heterocycles. The minimum absolute atomic E-state index is 0.00392. The van der Waals surface area contributed by atoms with Gasteiger partial charge in [-0.3, -0.25) is 19.3 Å². The lowest BCUT2D eigenvalue weighted by Crippen LogP contribution is -2.54. The Labute approximate surface area is 137 Å². The molecule has 1 heterocycles. The van der Waals surface area contributed by atoms with E-state index in [9.17, 15) is 14.4 Å². The van der Waals surface area contributed by atoms with Gasteiger partial charge in [-0.15, -0.1) is 0 Å². The van der Waals surface area contributed by atoms with Crippen molar-refractivity contribution in [2.45, 2.75) is 52.6 Å². The fraction of sp³-hybridized carbons (Fsp3) is 0.500. The third-order valence-electron chi connectivity index (χ3n) is 4.56. The van der Waals surface area contributed by atoms with E-state index in [1.807, 2.05) is 27.7 Å². The van der Waals surface area contributed by atoms with Crippen LogP contribution in [0, 0.1) is 5.92 Å². The van der Waals surface area contributed by atoms with Gasteiger partial charge in [0, 0.05) is 6.04 Å². The first-order valence-corrected chi connectivity index (χ1v) is 8.19. The highest BCUT2D eigenvalue weighted by Crippen LogP contribution is 2.28. The van der Waals surface area contributed by atoms with Crippen LogP contribution in [0.15, 0.2) is 24.3 Å². The average Bonchev–Trinajstić information content (AvgIpc) is 2.80. The van der Waals surface area contributed by atoms with Crippen LogP contribution in [0.1, 0.15) is 61.3 Å². The summed E-state index contributed by atoms with van der Waals surface area (Å²) in [6.07, 6.45) is 1.49. The van der Waals surface area contributed by atoms with Crippen molar-refractivity contribution in [3.63, 3.8) is 0 Å². The number of nitrogens with one attached hydrogen (secondary N) is 1. The Morgan fingerprint density at radius 2 is 1.57 bits per heavy atom. The summed E-state index contributed by atoms with van der Waals surface area (Å²) in [5, 5.41) is 2.90. The highest BCUT2D eigenvalue weighted by Gasteiger charge is 2.44. The molecule has 0 saturated carbocycles. The normalized spacial score (nSPS) is 17.7. The molecular formula is C18H24N2O3. The standard InChI is InChI=1S/C18H24N2O3/c1-5-11(3)15(16(21)19-12(4)6-2)20-17(22)13-9-7-8-10-14(13)18(20)23/h7-12,15H,5-6H2,1-4H3,(H,19,21). The molecule has 1 aromatic rings. The molecule has 2 rings (SSSR count). The van der Waals surface area contributed by atoms with E-state index in [1.165, 1.54) is 0 Å². The number of carbonyl (C=O) groups excluding carboxylic acids is 3. The lowest BCUT2D eigenvalue weighted by atomic mass is 9.96. The van der Waals surface area contributed by atoms with Gasteiger partial charge in [0.25, 0.3) is 11.8 Å². The van der Waals surface area contributed by atoms with Crippen molar-refractivity contribution in [3.05, 3.63) is 35.4 Å². The molecule has 124 valence electrons. The first-order valence-electron chi connectivity index (χ1n) is 8.19. The van der Waals surface area contributed by atoms with Gasteiger partial charge < -0.3 is 5.32 Å². The Hall–Kier alpha value is -2.17. The number of amides is 3. The van der Waals surface area contributed by atoms with E-state index in [1.54, 1.807) is 24.3 Å². The number of imide groups is 1. The van der Waals surface area contributed by atoms with Crippen molar-refractivity contribution in [3.8, 4) is 0 Å². The number of carbonyl (C=O) groups is 3. The molecule has 1 aliphatic rings. The molecule has 5 heteroatoms. The molecule has 0 saturated heterocycles. The molecule has 1 aromatic carbocycles. The Balaban J connectivity index is 2.36. The molecule has 0 fully saturated rings. The number of benzene rings is 1. The van der Waals surface area contributed by atoms with Crippen LogP contribution < -0.4 is 5.32 Å². The molecule has 0 bridgehead atoms. The minimum atomic E-state index is -0.776. The predicted octanol–water partition coefficient (Wildman–Crippen LogP) is 2.61. The van der Waals surface area contributed by atoms with Crippen LogP contribution in [0.2, 0.25) is 0 Å². The summed E-state index contributed by atoms with van der Waals surface area (Å²) < 4.78 is 0. The summed E-state index contributed by atoms with van der Waals surface area (Å²) in [5.74, 6) is -1.13. The van der Waals surface area contributed by atoms with Gasteiger partial charge in [0.2, 0.25) is 5.91 Å². The summed E-state index contributed by atoms with van der Waals surface area (Å²) in [5.41, 5.74) is 0.754. The third-order valence-corrected chi connectivity index (χ3v) is 4.56. The van der Waals surface area contributed by atoms with E-state index in [4.69, 9.17) is 0 Å². The van der Waals surface area contributed by atoms with E-state index in [0.29, 0.717) is 17.5 Å². The van der Waals surface area contributed by atoms with Crippen LogP contribution in [0.25, 0.3) is 0 Å². The second-order valence-corrected chi connectivity index (χ2v) is 6.17. The van der Waals surface area contributed by atoms with E-state index in [0.717, 1.165) is 11.3 Å². The lowest BCUT2D eigenvalue weighted by molar-refractivity contribution is -0.127. The summed E-state index contributed by atoms with van der Waals surface area (Å²) in [6.45, 7) is 7.73. The molecule has 3 amide bonds. The summed E-state index contributed by atoms with van der Waals surface area (Å²) >= 11 is 0. The molecule has 0 radical (unpaired) electrons. The monoisotopic (exact) mass is 316 g/mol. The first kappa shape index (κ1) is 17.2. The molecule has 5 nitrogen and oxygen atoms in total. The molecular weight excluding hydrogens is 292 g/mol. The number of hydrogen-bond acceptors (Lipinski definition) is 3. The van der Waals surface area contributed by atoms with Gasteiger partial charge in [0.15, 0.2) is 0 Å². The van der Waals surface area contributed by atoms with E-state index in [-0.39, 0.29) is 29.7 Å². The van der Waals surface area contributed by atoms with Crippen LogP contribution in [0.4, 0.5) is 0 Å². The molecule has 3 atom stereocenters. The molecule has 3 unspecified atom stereocenters. The highest BCUT2D eigenvalue weighted by molar-refractivity contribution is 6.22. The second kappa shape index (κ2) is 6.94. The van der Waals surface area contributed by atoms with Crippen molar-refractivity contribution in [2.75, 3.05) is 0 Å². The SMILES string of the molecule is CCC(C)NC(=O)C(C(C)CC)N1C(=O)c2ccccc2C1=O. The maximum Gasteiger partial charge on any atom is 0.262 e. The molecule has 1 N–H and O–H groups in total. The number of fused-ring (bicyclic) bond motifs is 1. The van der Waals surface area contributed by atoms with E-state index in [2.05, 4.69) is 5.32 Å². The molecule has 0 aliphatic carbocycles. The van der Waals surface area contributed by atoms with Crippen molar-refractivity contribution < 1.29 is 14.4 Å². The van der Waals surface area contributed by atoms with Gasteiger partial charge in [-0.2, -0.15) is 0 Å². The zero-order valence-electron chi connectivity index (χ0n) is 14.1. The quantitative estimate of drug-likeness (QED) is 0.820. The van der Waals surface area contributed by atoms with Crippen LogP contribution in [-0.4, -0.2) is 34.7 Å². The fourth-order valence-electron chi connectivity index (χ4n) is 2.74. The summed E-state index contributed by atoms with van der Waals surface area (Å²) in [7, 11) is 0. The Bertz CT molecular complexity index is 591. The zero-order valence-corrected chi connectivity index (χ0v) is 14.1.